The molecule has 5 heteroatoms. The monoisotopic (exact) mass is 354 g/mol. The highest BCUT2D eigenvalue weighted by molar-refractivity contribution is 5.95. The molecule has 0 bridgehead atoms. The number of piperazine rings is 1. The van der Waals surface area contributed by atoms with Crippen LogP contribution in [0.2, 0.25) is 0 Å². The van der Waals surface area contributed by atoms with Crippen molar-refractivity contribution >= 4 is 11.8 Å². The zero-order valence-corrected chi connectivity index (χ0v) is 15.3. The average molecular weight is 354 g/mol. The minimum Gasteiger partial charge on any atom is -0.329 e. The van der Waals surface area contributed by atoms with Crippen LogP contribution in [0.4, 0.5) is 4.39 Å². The lowest BCUT2D eigenvalue weighted by Crippen LogP contribution is -2.56. The summed E-state index contributed by atoms with van der Waals surface area (Å²) in [6.07, 6.45) is 0. The Morgan fingerprint density at radius 3 is 2.23 bits per heavy atom. The fourth-order valence-corrected chi connectivity index (χ4v) is 3.22. The zero-order valence-electron chi connectivity index (χ0n) is 15.3. The van der Waals surface area contributed by atoms with Crippen LogP contribution in [0.1, 0.15) is 36.6 Å². The number of carbonyl (C=O) groups is 2. The van der Waals surface area contributed by atoms with E-state index in [1.165, 1.54) is 12.1 Å². The van der Waals surface area contributed by atoms with Crippen molar-refractivity contribution in [1.82, 2.24) is 9.80 Å². The molecule has 26 heavy (non-hydrogen) atoms. The predicted octanol–water partition coefficient (Wildman–Crippen LogP) is 3.45. The molecule has 2 amide bonds. The first-order valence-corrected chi connectivity index (χ1v) is 8.78. The number of hydrogen-bond donors (Lipinski definition) is 0. The summed E-state index contributed by atoms with van der Waals surface area (Å²) in [5.74, 6) is -0.505. The molecular formula is C21H23FN2O2. The molecule has 1 fully saturated rings. The topological polar surface area (TPSA) is 40.6 Å². The van der Waals surface area contributed by atoms with Gasteiger partial charge in [-0.05, 0) is 44.0 Å². The Labute approximate surface area is 153 Å². The summed E-state index contributed by atoms with van der Waals surface area (Å²) >= 11 is 0. The van der Waals surface area contributed by atoms with Crippen LogP contribution >= 0.6 is 0 Å². The molecule has 1 atom stereocenters. The van der Waals surface area contributed by atoms with Crippen molar-refractivity contribution in [2.75, 3.05) is 6.54 Å². The van der Waals surface area contributed by atoms with E-state index in [4.69, 9.17) is 0 Å². The summed E-state index contributed by atoms with van der Waals surface area (Å²) in [7, 11) is 0. The van der Waals surface area contributed by atoms with Gasteiger partial charge in [-0.3, -0.25) is 9.59 Å². The molecule has 0 aliphatic carbocycles. The Kier molecular flexibility index (Phi) is 5.07. The molecule has 0 spiro atoms. The van der Waals surface area contributed by atoms with Crippen LogP contribution < -0.4 is 0 Å². The summed E-state index contributed by atoms with van der Waals surface area (Å²) in [6, 6.07) is 13.0. The highest BCUT2D eigenvalue weighted by Gasteiger charge is 2.41. The van der Waals surface area contributed by atoms with Gasteiger partial charge in [0.1, 0.15) is 18.4 Å². The van der Waals surface area contributed by atoms with Gasteiger partial charge in [-0.1, -0.05) is 42.0 Å². The molecule has 0 radical (unpaired) electrons. The number of carbonyl (C=O) groups excluding carboxylic acids is 2. The maximum absolute atomic E-state index is 13.2. The van der Waals surface area contributed by atoms with Gasteiger partial charge in [-0.25, -0.2) is 4.39 Å². The second-order valence-corrected chi connectivity index (χ2v) is 7.02. The summed E-state index contributed by atoms with van der Waals surface area (Å²) < 4.78 is 13.2. The highest BCUT2D eigenvalue weighted by Crippen LogP contribution is 2.30. The lowest BCUT2D eigenvalue weighted by Gasteiger charge is -2.42. The number of rotatable bonds is 4. The maximum Gasteiger partial charge on any atom is 0.250 e. The van der Waals surface area contributed by atoms with E-state index in [0.717, 1.165) is 16.7 Å². The molecular weight excluding hydrogens is 331 g/mol. The SMILES string of the molecule is Cc1ccc(C2C(=O)N(C(C)C)CC(=O)N2Cc2ccc(F)cc2)cc1. The Hall–Kier alpha value is -2.69. The third kappa shape index (κ3) is 3.62. The standard InChI is InChI=1S/C21H23FN2O2/c1-14(2)23-13-19(25)24(12-16-6-10-18(22)11-7-16)20(21(23)26)17-8-4-15(3)5-9-17/h4-11,14,20H,12-13H2,1-3H3. The van der Waals surface area contributed by atoms with Crippen LogP contribution in [-0.4, -0.2) is 34.2 Å². The Morgan fingerprint density at radius 1 is 1.04 bits per heavy atom. The number of halogens is 1. The third-order valence-corrected chi connectivity index (χ3v) is 4.74. The maximum atomic E-state index is 13.2. The van der Waals surface area contributed by atoms with Gasteiger partial charge in [0.25, 0.3) is 5.91 Å². The van der Waals surface area contributed by atoms with Gasteiger partial charge in [-0.2, -0.15) is 0 Å². The van der Waals surface area contributed by atoms with E-state index in [0.29, 0.717) is 0 Å². The molecule has 0 N–H and O–H groups in total. The molecule has 1 aliphatic heterocycles. The molecule has 3 rings (SSSR count). The predicted molar refractivity (Wildman–Crippen MR) is 97.7 cm³/mol. The number of benzene rings is 2. The smallest absolute Gasteiger partial charge is 0.250 e. The molecule has 2 aromatic carbocycles. The normalized spacial score (nSPS) is 18.0. The van der Waals surface area contributed by atoms with Crippen LogP contribution in [-0.2, 0) is 16.1 Å². The van der Waals surface area contributed by atoms with Gasteiger partial charge in [0.05, 0.1) is 0 Å². The van der Waals surface area contributed by atoms with Crippen molar-refractivity contribution < 1.29 is 14.0 Å². The van der Waals surface area contributed by atoms with Crippen molar-refractivity contribution in [1.29, 1.82) is 0 Å². The third-order valence-electron chi connectivity index (χ3n) is 4.74. The van der Waals surface area contributed by atoms with Crippen molar-refractivity contribution in [3.8, 4) is 0 Å². The van der Waals surface area contributed by atoms with Crippen molar-refractivity contribution in [2.24, 2.45) is 0 Å². The lowest BCUT2D eigenvalue weighted by atomic mass is 9.98. The van der Waals surface area contributed by atoms with Crippen LogP contribution in [0, 0.1) is 12.7 Å². The molecule has 0 aromatic heterocycles. The number of nitrogens with zero attached hydrogens (tertiary/aromatic N) is 2. The van der Waals surface area contributed by atoms with Gasteiger partial charge >= 0.3 is 0 Å². The second-order valence-electron chi connectivity index (χ2n) is 7.02. The van der Waals surface area contributed by atoms with Crippen LogP contribution in [0.3, 0.4) is 0 Å². The average Bonchev–Trinajstić information content (AvgIpc) is 2.61. The van der Waals surface area contributed by atoms with Gasteiger partial charge in [0, 0.05) is 12.6 Å². The first-order chi connectivity index (χ1) is 12.4. The molecule has 1 saturated heterocycles. The van der Waals surface area contributed by atoms with E-state index >= 15 is 0 Å². The summed E-state index contributed by atoms with van der Waals surface area (Å²) in [5, 5.41) is 0. The number of amides is 2. The van der Waals surface area contributed by atoms with Gasteiger partial charge in [-0.15, -0.1) is 0 Å². The molecule has 4 nitrogen and oxygen atoms in total. The minimum absolute atomic E-state index is 0.0487. The lowest BCUT2D eigenvalue weighted by molar-refractivity contribution is -0.158. The molecule has 136 valence electrons. The van der Waals surface area contributed by atoms with E-state index in [1.807, 2.05) is 45.0 Å². The van der Waals surface area contributed by atoms with Crippen molar-refractivity contribution in [2.45, 2.75) is 39.4 Å². The van der Waals surface area contributed by atoms with E-state index < -0.39 is 6.04 Å². The highest BCUT2D eigenvalue weighted by atomic mass is 19.1. The fourth-order valence-electron chi connectivity index (χ4n) is 3.22. The summed E-state index contributed by atoms with van der Waals surface area (Å²) in [4.78, 5) is 29.2. The molecule has 2 aromatic rings. The second kappa shape index (κ2) is 7.28. The van der Waals surface area contributed by atoms with Gasteiger partial charge < -0.3 is 9.80 Å². The molecule has 1 heterocycles. The first kappa shape index (κ1) is 18.1. The van der Waals surface area contributed by atoms with E-state index in [1.54, 1.807) is 21.9 Å². The number of aryl methyl sites for hydroxylation is 1. The van der Waals surface area contributed by atoms with Gasteiger partial charge in [0.2, 0.25) is 5.91 Å². The minimum atomic E-state index is -0.663. The summed E-state index contributed by atoms with van der Waals surface area (Å²) in [5.41, 5.74) is 2.68. The van der Waals surface area contributed by atoms with Crippen LogP contribution in [0.25, 0.3) is 0 Å². The van der Waals surface area contributed by atoms with E-state index in [9.17, 15) is 14.0 Å². The van der Waals surface area contributed by atoms with E-state index in [-0.39, 0.29) is 36.8 Å². The largest absolute Gasteiger partial charge is 0.329 e. The zero-order chi connectivity index (χ0) is 18.8. The van der Waals surface area contributed by atoms with Gasteiger partial charge in [0.15, 0.2) is 0 Å². The van der Waals surface area contributed by atoms with Crippen LogP contribution in [0.15, 0.2) is 48.5 Å². The van der Waals surface area contributed by atoms with E-state index in [2.05, 4.69) is 0 Å². The van der Waals surface area contributed by atoms with Crippen molar-refractivity contribution in [3.63, 3.8) is 0 Å². The van der Waals surface area contributed by atoms with Crippen LogP contribution in [0.5, 0.6) is 0 Å². The number of hydrogen-bond acceptors (Lipinski definition) is 2. The fraction of sp³-hybridized carbons (Fsp3) is 0.333. The van der Waals surface area contributed by atoms with Crippen molar-refractivity contribution in [3.05, 3.63) is 71.0 Å². The summed E-state index contributed by atoms with van der Waals surface area (Å²) in [6.45, 7) is 6.14. The Balaban J connectivity index is 1.98. The molecule has 1 unspecified atom stereocenters. The Morgan fingerprint density at radius 2 is 1.65 bits per heavy atom. The molecule has 1 aliphatic rings. The first-order valence-electron chi connectivity index (χ1n) is 8.78. The quantitative estimate of drug-likeness (QED) is 0.844. The Bertz CT molecular complexity index is 800. The molecule has 0 saturated carbocycles.